The topological polar surface area (TPSA) is 52.7 Å². The first-order chi connectivity index (χ1) is 14.0. The van der Waals surface area contributed by atoms with Crippen LogP contribution in [0.3, 0.4) is 0 Å². The van der Waals surface area contributed by atoms with Gasteiger partial charge >= 0.3 is 0 Å². The van der Waals surface area contributed by atoms with Gasteiger partial charge in [-0.2, -0.15) is 0 Å². The number of hydrogen-bond donors (Lipinski definition) is 1. The van der Waals surface area contributed by atoms with Crippen molar-refractivity contribution in [2.75, 3.05) is 31.1 Å². The molecule has 2 rings (SSSR count). The van der Waals surface area contributed by atoms with Crippen LogP contribution >= 0.6 is 0 Å². The number of piperidine rings is 1. The third-order valence-corrected chi connectivity index (χ3v) is 6.13. The largest absolute Gasteiger partial charge is 0.372 e. The summed E-state index contributed by atoms with van der Waals surface area (Å²) in [5.41, 5.74) is 1.88. The summed E-state index contributed by atoms with van der Waals surface area (Å²) in [6, 6.07) is 8.08. The molecule has 162 valence electrons. The van der Waals surface area contributed by atoms with E-state index in [1.807, 2.05) is 29.2 Å². The van der Waals surface area contributed by atoms with E-state index in [4.69, 9.17) is 0 Å². The zero-order chi connectivity index (χ0) is 21.2. The maximum Gasteiger partial charge on any atom is 0.251 e. The summed E-state index contributed by atoms with van der Waals surface area (Å²) in [5, 5.41) is 3.16. The zero-order valence-electron chi connectivity index (χ0n) is 18.7. The van der Waals surface area contributed by atoms with Crippen molar-refractivity contribution in [3.8, 4) is 0 Å². The second kappa shape index (κ2) is 11.8. The molecular weight excluding hydrogens is 362 g/mol. The lowest BCUT2D eigenvalue weighted by molar-refractivity contribution is -0.136. The number of unbranched alkanes of at least 4 members (excludes halogenated alkanes) is 1. The Balaban J connectivity index is 1.86. The number of nitrogens with zero attached hydrogens (tertiary/aromatic N) is 2. The molecule has 1 saturated heterocycles. The van der Waals surface area contributed by atoms with Crippen molar-refractivity contribution in [2.24, 2.45) is 5.92 Å². The summed E-state index contributed by atoms with van der Waals surface area (Å²) >= 11 is 0. The van der Waals surface area contributed by atoms with E-state index in [-0.39, 0.29) is 23.8 Å². The van der Waals surface area contributed by atoms with Crippen molar-refractivity contribution in [3.05, 3.63) is 29.8 Å². The van der Waals surface area contributed by atoms with Crippen LogP contribution in [-0.2, 0) is 4.79 Å². The normalized spacial score (nSPS) is 14.9. The molecular formula is C24H39N3O2. The lowest BCUT2D eigenvalue weighted by Gasteiger charge is -2.34. The Morgan fingerprint density at radius 2 is 1.69 bits per heavy atom. The number of hydrogen-bond acceptors (Lipinski definition) is 3. The number of carbonyl (C=O) groups excluding carboxylic acids is 2. The van der Waals surface area contributed by atoms with Crippen LogP contribution in [0.25, 0.3) is 0 Å². The molecule has 1 fully saturated rings. The average Bonchev–Trinajstić information content (AvgIpc) is 2.76. The van der Waals surface area contributed by atoms with Crippen molar-refractivity contribution >= 4 is 17.5 Å². The van der Waals surface area contributed by atoms with E-state index in [1.54, 1.807) is 0 Å². The van der Waals surface area contributed by atoms with Gasteiger partial charge in [-0.1, -0.05) is 27.2 Å². The van der Waals surface area contributed by atoms with Crippen molar-refractivity contribution in [1.29, 1.82) is 0 Å². The third-order valence-electron chi connectivity index (χ3n) is 6.13. The van der Waals surface area contributed by atoms with Gasteiger partial charge in [0.05, 0.1) is 0 Å². The fourth-order valence-electron chi connectivity index (χ4n) is 4.05. The molecule has 0 unspecified atom stereocenters. The molecule has 29 heavy (non-hydrogen) atoms. The first-order valence-corrected chi connectivity index (χ1v) is 11.5. The molecule has 1 aromatic carbocycles. The smallest absolute Gasteiger partial charge is 0.251 e. The highest BCUT2D eigenvalue weighted by atomic mass is 16.2. The van der Waals surface area contributed by atoms with Crippen molar-refractivity contribution < 1.29 is 9.59 Å². The van der Waals surface area contributed by atoms with Gasteiger partial charge in [-0.25, -0.2) is 0 Å². The monoisotopic (exact) mass is 401 g/mol. The molecule has 0 spiro atoms. The van der Waals surface area contributed by atoms with Crippen LogP contribution in [-0.4, -0.2) is 48.9 Å². The molecule has 2 amide bonds. The summed E-state index contributed by atoms with van der Waals surface area (Å²) in [7, 11) is 0. The van der Waals surface area contributed by atoms with E-state index < -0.39 is 0 Å². The average molecular weight is 402 g/mol. The molecule has 0 saturated carbocycles. The highest BCUT2D eigenvalue weighted by Gasteiger charge is 2.27. The van der Waals surface area contributed by atoms with Crippen molar-refractivity contribution in [3.63, 3.8) is 0 Å². The molecule has 1 aliphatic rings. The van der Waals surface area contributed by atoms with Gasteiger partial charge in [-0.05, 0) is 63.3 Å². The second-order valence-corrected chi connectivity index (χ2v) is 8.07. The van der Waals surface area contributed by atoms with Gasteiger partial charge in [-0.15, -0.1) is 0 Å². The van der Waals surface area contributed by atoms with Gasteiger partial charge in [0.15, 0.2) is 0 Å². The number of rotatable bonds is 10. The fraction of sp³-hybridized carbons (Fsp3) is 0.667. The van der Waals surface area contributed by atoms with E-state index in [0.29, 0.717) is 5.56 Å². The Morgan fingerprint density at radius 3 is 2.21 bits per heavy atom. The molecule has 0 aromatic heterocycles. The standard InChI is InChI=1S/C24H39N3O2/c1-5-9-16-26(8-4)22-12-10-20(11-13-22)23(28)25-21-14-17-27(18-15-21)24(29)19(6-2)7-3/h10-13,19,21H,5-9,14-18H2,1-4H3,(H,25,28). The van der Waals surface area contributed by atoms with Crippen LogP contribution in [0.4, 0.5) is 5.69 Å². The lowest BCUT2D eigenvalue weighted by atomic mass is 9.98. The summed E-state index contributed by atoms with van der Waals surface area (Å²) in [6.07, 6.45) is 5.81. The number of likely N-dealkylation sites (tertiary alicyclic amines) is 1. The van der Waals surface area contributed by atoms with Crippen LogP contribution in [0.2, 0.25) is 0 Å². The Morgan fingerprint density at radius 1 is 1.07 bits per heavy atom. The molecule has 1 aromatic rings. The molecule has 0 aliphatic carbocycles. The van der Waals surface area contributed by atoms with Gasteiger partial charge < -0.3 is 15.1 Å². The van der Waals surface area contributed by atoms with E-state index in [0.717, 1.165) is 51.9 Å². The first-order valence-electron chi connectivity index (χ1n) is 11.5. The molecule has 0 radical (unpaired) electrons. The highest BCUT2D eigenvalue weighted by molar-refractivity contribution is 5.94. The lowest BCUT2D eigenvalue weighted by Crippen LogP contribution is -2.48. The SMILES string of the molecule is CCCCN(CC)c1ccc(C(=O)NC2CCN(C(=O)C(CC)CC)CC2)cc1. The third kappa shape index (κ3) is 6.48. The fourth-order valence-corrected chi connectivity index (χ4v) is 4.05. The number of amides is 2. The highest BCUT2D eigenvalue weighted by Crippen LogP contribution is 2.19. The summed E-state index contributed by atoms with van der Waals surface area (Å²) in [5.74, 6) is 0.400. The molecule has 1 heterocycles. The molecule has 5 heteroatoms. The minimum atomic E-state index is -0.0158. The Bertz CT molecular complexity index is 632. The van der Waals surface area contributed by atoms with Crippen LogP contribution < -0.4 is 10.2 Å². The van der Waals surface area contributed by atoms with Crippen LogP contribution in [0.1, 0.15) is 76.6 Å². The summed E-state index contributed by atoms with van der Waals surface area (Å²) < 4.78 is 0. The van der Waals surface area contributed by atoms with Gasteiger partial charge in [0.25, 0.3) is 5.91 Å². The Hall–Kier alpha value is -2.04. The minimum absolute atomic E-state index is 0.0158. The number of benzene rings is 1. The quantitative estimate of drug-likeness (QED) is 0.629. The first kappa shape index (κ1) is 23.2. The summed E-state index contributed by atoms with van der Waals surface area (Å²) in [6.45, 7) is 12.0. The molecule has 0 atom stereocenters. The van der Waals surface area contributed by atoms with Gasteiger partial charge in [0.1, 0.15) is 0 Å². The Labute approximate surface area is 176 Å². The van der Waals surface area contributed by atoms with Crippen LogP contribution in [0.15, 0.2) is 24.3 Å². The van der Waals surface area contributed by atoms with Crippen molar-refractivity contribution in [1.82, 2.24) is 10.2 Å². The molecule has 1 N–H and O–H groups in total. The van der Waals surface area contributed by atoms with Crippen molar-refractivity contribution in [2.45, 2.75) is 72.3 Å². The predicted octanol–water partition coefficient (Wildman–Crippen LogP) is 4.47. The van der Waals surface area contributed by atoms with E-state index >= 15 is 0 Å². The van der Waals surface area contributed by atoms with Gasteiger partial charge in [-0.3, -0.25) is 9.59 Å². The van der Waals surface area contributed by atoms with E-state index in [2.05, 4.69) is 37.9 Å². The minimum Gasteiger partial charge on any atom is -0.372 e. The van der Waals surface area contributed by atoms with Gasteiger partial charge in [0, 0.05) is 49.4 Å². The number of carbonyl (C=O) groups is 2. The van der Waals surface area contributed by atoms with Crippen LogP contribution in [0.5, 0.6) is 0 Å². The van der Waals surface area contributed by atoms with Gasteiger partial charge in [0.2, 0.25) is 5.91 Å². The molecule has 5 nitrogen and oxygen atoms in total. The maximum atomic E-state index is 12.6. The number of nitrogens with one attached hydrogen (secondary N) is 1. The Kier molecular flexibility index (Phi) is 9.49. The summed E-state index contributed by atoms with van der Waals surface area (Å²) in [4.78, 5) is 29.5. The molecule has 0 bridgehead atoms. The van der Waals surface area contributed by atoms with Crippen LogP contribution in [0, 0.1) is 5.92 Å². The molecule has 1 aliphatic heterocycles. The van der Waals surface area contributed by atoms with E-state index in [1.165, 1.54) is 18.5 Å². The maximum absolute atomic E-state index is 12.6. The number of anilines is 1. The van der Waals surface area contributed by atoms with E-state index in [9.17, 15) is 9.59 Å². The zero-order valence-corrected chi connectivity index (χ0v) is 18.7. The predicted molar refractivity (Wildman–Crippen MR) is 120 cm³/mol. The second-order valence-electron chi connectivity index (χ2n) is 8.07.